The summed E-state index contributed by atoms with van der Waals surface area (Å²) in [5.41, 5.74) is 2.47. The average Bonchev–Trinajstić information content (AvgIpc) is 3.55. The first-order chi connectivity index (χ1) is 18.7. The van der Waals surface area contributed by atoms with E-state index in [0.717, 1.165) is 11.1 Å². The maximum Gasteiger partial charge on any atom is 0.282 e. The molecular weight excluding hydrogens is 539 g/mol. The van der Waals surface area contributed by atoms with Crippen LogP contribution in [0.15, 0.2) is 71.1 Å². The van der Waals surface area contributed by atoms with Gasteiger partial charge in [0.15, 0.2) is 0 Å². The Bertz CT molecular complexity index is 1910. The van der Waals surface area contributed by atoms with Crippen LogP contribution in [0.5, 0.6) is 0 Å². The zero-order valence-corrected chi connectivity index (χ0v) is 22.4. The fourth-order valence-corrected chi connectivity index (χ4v) is 6.68. The van der Waals surface area contributed by atoms with E-state index >= 15 is 4.39 Å². The van der Waals surface area contributed by atoms with Crippen molar-refractivity contribution in [2.75, 3.05) is 0 Å². The number of aryl methyl sites for hydroxylation is 1. The number of aromatic amines is 1. The van der Waals surface area contributed by atoms with Gasteiger partial charge in [0.1, 0.15) is 16.5 Å². The molecule has 1 aliphatic rings. The number of nitrogens with zero attached hydrogens (tertiary/aromatic N) is 2. The van der Waals surface area contributed by atoms with Crippen molar-refractivity contribution in [3.8, 4) is 21.7 Å². The molecule has 3 aromatic heterocycles. The largest absolute Gasteiger partial charge is 0.331 e. The van der Waals surface area contributed by atoms with E-state index in [4.69, 9.17) is 0 Å². The number of benzene rings is 2. The predicted molar refractivity (Wildman–Crippen MR) is 149 cm³/mol. The van der Waals surface area contributed by atoms with Gasteiger partial charge in [-0.1, -0.05) is 11.6 Å². The Morgan fingerprint density at radius 1 is 1.21 bits per heavy atom. The van der Waals surface area contributed by atoms with Crippen molar-refractivity contribution in [3.05, 3.63) is 99.3 Å². The topological polar surface area (TPSA) is 114 Å². The number of sulfonamides is 1. The van der Waals surface area contributed by atoms with Crippen LogP contribution in [0.4, 0.5) is 4.39 Å². The summed E-state index contributed by atoms with van der Waals surface area (Å²) < 4.78 is 44.6. The van der Waals surface area contributed by atoms with E-state index in [2.05, 4.69) is 14.7 Å². The van der Waals surface area contributed by atoms with Gasteiger partial charge in [-0.05, 0) is 62.2 Å². The van der Waals surface area contributed by atoms with E-state index in [1.807, 2.05) is 24.4 Å². The minimum Gasteiger partial charge on any atom is -0.331 e. The second-order valence-corrected chi connectivity index (χ2v) is 12.4. The lowest BCUT2D eigenvalue weighted by molar-refractivity contribution is 0.0974. The Morgan fingerprint density at radius 2 is 2.03 bits per heavy atom. The van der Waals surface area contributed by atoms with Crippen LogP contribution in [0.1, 0.15) is 34.5 Å². The number of fused-ring (bicyclic) bond motifs is 1. The van der Waals surface area contributed by atoms with E-state index in [0.29, 0.717) is 28.8 Å². The van der Waals surface area contributed by atoms with E-state index in [-0.39, 0.29) is 28.9 Å². The number of carbonyl (C=O) groups is 1. The highest BCUT2D eigenvalue weighted by molar-refractivity contribution is 7.91. The molecule has 6 rings (SSSR count). The lowest BCUT2D eigenvalue weighted by Crippen LogP contribution is -2.35. The molecule has 39 heavy (non-hydrogen) atoms. The minimum atomic E-state index is -3.90. The molecule has 1 saturated carbocycles. The quantitative estimate of drug-likeness (QED) is 0.295. The molecule has 3 heterocycles. The van der Waals surface area contributed by atoms with Crippen LogP contribution in [0, 0.1) is 12.7 Å². The molecule has 2 N–H and O–H groups in total. The first kappa shape index (κ1) is 25.2. The Morgan fingerprint density at radius 3 is 2.74 bits per heavy atom. The highest BCUT2D eigenvalue weighted by Crippen LogP contribution is 2.36. The Kier molecular flexibility index (Phi) is 6.19. The molecule has 0 unspecified atom stereocenters. The molecule has 1 aliphatic carbocycles. The van der Waals surface area contributed by atoms with Crippen molar-refractivity contribution in [2.45, 2.75) is 31.6 Å². The number of rotatable bonds is 7. The Balaban J connectivity index is 1.60. The number of aromatic nitrogens is 3. The summed E-state index contributed by atoms with van der Waals surface area (Å²) in [5, 5.41) is 2.50. The van der Waals surface area contributed by atoms with Crippen LogP contribution >= 0.6 is 11.3 Å². The maximum absolute atomic E-state index is 15.2. The molecule has 0 radical (unpaired) electrons. The first-order valence-electron chi connectivity index (χ1n) is 12.3. The van der Waals surface area contributed by atoms with Crippen molar-refractivity contribution in [3.63, 3.8) is 0 Å². The standard InChI is InChI=1S/C28H23FN4O4S2/c1-16-4-9-23-21(13-16)24(20-3-2-10-30-26(20)34)25(27(35)32-39(36,37)19-6-7-19)33(23)15-18-14-17(5-8-22(18)29)28-31-11-12-38-28/h2-5,8-14,19H,6-7,15H2,1H3,(H,30,34)(H,32,35). The van der Waals surface area contributed by atoms with Crippen LogP contribution in [-0.2, 0) is 16.6 Å². The highest BCUT2D eigenvalue weighted by Gasteiger charge is 2.38. The number of pyridine rings is 1. The van der Waals surface area contributed by atoms with Gasteiger partial charge in [0.05, 0.1) is 11.8 Å². The number of nitrogens with one attached hydrogen (secondary N) is 2. The van der Waals surface area contributed by atoms with Crippen LogP contribution in [-0.4, -0.2) is 34.1 Å². The van der Waals surface area contributed by atoms with Gasteiger partial charge in [-0.3, -0.25) is 9.59 Å². The highest BCUT2D eigenvalue weighted by atomic mass is 32.2. The second kappa shape index (κ2) is 9.58. The predicted octanol–water partition coefficient (Wildman–Crippen LogP) is 4.84. The first-order valence-corrected chi connectivity index (χ1v) is 14.7. The summed E-state index contributed by atoms with van der Waals surface area (Å²) in [6, 6.07) is 13.4. The fraction of sp³-hybridized carbons (Fsp3) is 0.179. The average molecular weight is 563 g/mol. The number of halogens is 1. The van der Waals surface area contributed by atoms with Crippen molar-refractivity contribution < 1.29 is 17.6 Å². The third-order valence-corrected chi connectivity index (χ3v) is 9.41. The van der Waals surface area contributed by atoms with E-state index in [9.17, 15) is 18.0 Å². The number of H-pyrrole nitrogens is 1. The van der Waals surface area contributed by atoms with Gasteiger partial charge in [-0.15, -0.1) is 11.3 Å². The number of carbonyl (C=O) groups excluding carboxylic acids is 1. The Labute approximate surface area is 227 Å². The Hall–Kier alpha value is -4.09. The third kappa shape index (κ3) is 4.68. The number of hydrogen-bond acceptors (Lipinski definition) is 6. The molecule has 1 fully saturated rings. The second-order valence-electron chi connectivity index (χ2n) is 9.56. The van der Waals surface area contributed by atoms with Gasteiger partial charge in [-0.25, -0.2) is 22.5 Å². The number of hydrogen-bond donors (Lipinski definition) is 2. The van der Waals surface area contributed by atoms with Crippen molar-refractivity contribution in [1.82, 2.24) is 19.3 Å². The minimum absolute atomic E-state index is 0.0319. The molecule has 0 bridgehead atoms. The lowest BCUT2D eigenvalue weighted by Gasteiger charge is -2.14. The van der Waals surface area contributed by atoms with E-state index in [1.54, 1.807) is 41.1 Å². The maximum atomic E-state index is 15.2. The van der Waals surface area contributed by atoms with Crippen molar-refractivity contribution in [1.29, 1.82) is 0 Å². The molecule has 0 aliphatic heterocycles. The molecule has 0 spiro atoms. The smallest absolute Gasteiger partial charge is 0.282 e. The summed E-state index contributed by atoms with van der Waals surface area (Å²) in [5.74, 6) is -1.36. The van der Waals surface area contributed by atoms with Gasteiger partial charge >= 0.3 is 0 Å². The molecule has 1 amide bonds. The molecule has 0 atom stereocenters. The van der Waals surface area contributed by atoms with Crippen LogP contribution < -0.4 is 10.3 Å². The van der Waals surface area contributed by atoms with Gasteiger partial charge < -0.3 is 9.55 Å². The summed E-state index contributed by atoms with van der Waals surface area (Å²) >= 11 is 1.42. The van der Waals surface area contributed by atoms with Gasteiger partial charge in [0.2, 0.25) is 10.0 Å². The molecule has 11 heteroatoms. The third-order valence-electron chi connectivity index (χ3n) is 6.77. The SMILES string of the molecule is Cc1ccc2c(c1)c(-c1ccc[nH]c1=O)c(C(=O)NS(=O)(=O)C1CC1)n2Cc1cc(-c2nccs2)ccc1F. The lowest BCUT2D eigenvalue weighted by atomic mass is 10.0. The molecular formula is C28H23FN4O4S2. The van der Waals surface area contributed by atoms with Crippen LogP contribution in [0.2, 0.25) is 0 Å². The van der Waals surface area contributed by atoms with Crippen molar-refractivity contribution >= 4 is 38.2 Å². The van der Waals surface area contributed by atoms with Crippen LogP contribution in [0.25, 0.3) is 32.6 Å². The van der Waals surface area contributed by atoms with Gasteiger partial charge in [0, 0.05) is 50.9 Å². The molecule has 0 saturated heterocycles. The summed E-state index contributed by atoms with van der Waals surface area (Å²) in [7, 11) is -3.90. The summed E-state index contributed by atoms with van der Waals surface area (Å²) in [6.07, 6.45) is 4.10. The van der Waals surface area contributed by atoms with Crippen molar-refractivity contribution in [2.24, 2.45) is 0 Å². The normalized spacial score (nSPS) is 13.6. The van der Waals surface area contributed by atoms with Gasteiger partial charge in [0.25, 0.3) is 11.5 Å². The molecule has 8 nitrogen and oxygen atoms in total. The molecule has 198 valence electrons. The number of amides is 1. The van der Waals surface area contributed by atoms with E-state index < -0.39 is 32.6 Å². The zero-order chi connectivity index (χ0) is 27.3. The number of thiazole rings is 1. The van der Waals surface area contributed by atoms with E-state index in [1.165, 1.54) is 23.6 Å². The summed E-state index contributed by atoms with van der Waals surface area (Å²) in [6.45, 7) is 1.80. The molecule has 2 aromatic carbocycles. The van der Waals surface area contributed by atoms with Gasteiger partial charge in [-0.2, -0.15) is 0 Å². The summed E-state index contributed by atoms with van der Waals surface area (Å²) in [4.78, 5) is 33.7. The zero-order valence-electron chi connectivity index (χ0n) is 20.8. The monoisotopic (exact) mass is 562 g/mol. The fourth-order valence-electron chi connectivity index (χ4n) is 4.76. The van der Waals surface area contributed by atoms with Crippen LogP contribution in [0.3, 0.4) is 0 Å². The molecule has 5 aromatic rings.